The van der Waals surface area contributed by atoms with E-state index in [-0.39, 0.29) is 12.5 Å². The number of amides is 1. The summed E-state index contributed by atoms with van der Waals surface area (Å²) < 4.78 is 6.05. The van der Waals surface area contributed by atoms with E-state index in [0.29, 0.717) is 15.6 Å². The molecule has 0 aliphatic heterocycles. The third-order valence-electron chi connectivity index (χ3n) is 3.61. The van der Waals surface area contributed by atoms with Crippen molar-refractivity contribution in [2.24, 2.45) is 0 Å². The van der Waals surface area contributed by atoms with Crippen LogP contribution in [0.3, 0.4) is 0 Å². The Labute approximate surface area is 160 Å². The van der Waals surface area contributed by atoms with Crippen LogP contribution in [-0.2, 0) is 9.53 Å². The zero-order chi connectivity index (χ0) is 18.5. The highest BCUT2D eigenvalue weighted by molar-refractivity contribution is 7.23. The van der Waals surface area contributed by atoms with E-state index >= 15 is 0 Å². The molecule has 1 N–H and O–H groups in total. The molecule has 0 spiro atoms. The van der Waals surface area contributed by atoms with Gasteiger partial charge in [0.25, 0.3) is 0 Å². The van der Waals surface area contributed by atoms with Crippen LogP contribution in [0.1, 0.15) is 22.8 Å². The van der Waals surface area contributed by atoms with Crippen molar-refractivity contribution >= 4 is 56.0 Å². The Morgan fingerprint density at radius 2 is 1.88 bits per heavy atom. The molecule has 0 aliphatic carbocycles. The Hall–Kier alpha value is -2.63. The molecule has 0 aliphatic rings. The zero-order valence-electron chi connectivity index (χ0n) is 14.0. The molecule has 0 saturated carbocycles. The van der Waals surface area contributed by atoms with Crippen molar-refractivity contribution in [3.8, 4) is 0 Å². The largest absolute Gasteiger partial charge is 0.462 e. The quantitative estimate of drug-likeness (QED) is 0.473. The Kier molecular flexibility index (Phi) is 5.71. The molecule has 0 fully saturated rings. The van der Waals surface area contributed by atoms with Gasteiger partial charge in [0, 0.05) is 21.2 Å². The average Bonchev–Trinajstić information content (AvgIpc) is 2.99. The van der Waals surface area contributed by atoms with Crippen molar-refractivity contribution in [3.05, 3.63) is 70.8 Å². The van der Waals surface area contributed by atoms with Crippen LogP contribution in [0.5, 0.6) is 0 Å². The van der Waals surface area contributed by atoms with Gasteiger partial charge in [0.05, 0.1) is 6.61 Å². The van der Waals surface area contributed by atoms with Crippen LogP contribution >= 0.6 is 22.9 Å². The van der Waals surface area contributed by atoms with Gasteiger partial charge in [0.2, 0.25) is 5.91 Å². The molecule has 4 nitrogen and oxygen atoms in total. The third kappa shape index (κ3) is 4.12. The Morgan fingerprint density at radius 3 is 2.62 bits per heavy atom. The van der Waals surface area contributed by atoms with Gasteiger partial charge in [-0.25, -0.2) is 4.79 Å². The first-order valence-electron chi connectivity index (χ1n) is 8.01. The first-order chi connectivity index (χ1) is 12.6. The van der Waals surface area contributed by atoms with Crippen LogP contribution in [-0.4, -0.2) is 18.5 Å². The van der Waals surface area contributed by atoms with Crippen molar-refractivity contribution in [2.75, 3.05) is 11.9 Å². The highest BCUT2D eigenvalue weighted by Crippen LogP contribution is 2.36. The smallest absolute Gasteiger partial charge is 0.341 e. The molecule has 0 atom stereocenters. The summed E-state index contributed by atoms with van der Waals surface area (Å²) in [5.41, 5.74) is 1.24. The molecule has 6 heteroatoms. The number of hydrogen-bond acceptors (Lipinski definition) is 4. The second kappa shape index (κ2) is 8.17. The Balaban J connectivity index is 1.85. The second-order valence-corrected chi connectivity index (χ2v) is 6.89. The average molecular weight is 386 g/mol. The Bertz CT molecular complexity index is 976. The minimum Gasteiger partial charge on any atom is -0.462 e. The fraction of sp³-hybridized carbons (Fsp3) is 0.100. The number of thiophene rings is 1. The van der Waals surface area contributed by atoms with Gasteiger partial charge in [0.15, 0.2) is 0 Å². The van der Waals surface area contributed by atoms with Crippen molar-refractivity contribution in [3.63, 3.8) is 0 Å². The lowest BCUT2D eigenvalue weighted by Gasteiger charge is -2.05. The standard InChI is InChI=1S/C20H16ClNO3S/c1-2-25-20(24)18-15-5-3-4-6-16(15)26-19(18)22-17(23)12-9-13-7-10-14(21)11-8-13/h3-12H,2H2,1H3,(H,22,23). The van der Waals surface area contributed by atoms with Crippen LogP contribution in [0.25, 0.3) is 16.2 Å². The molecule has 26 heavy (non-hydrogen) atoms. The van der Waals surface area contributed by atoms with Crippen LogP contribution in [0.4, 0.5) is 5.00 Å². The van der Waals surface area contributed by atoms with E-state index in [0.717, 1.165) is 15.6 Å². The molecular formula is C20H16ClNO3S. The van der Waals surface area contributed by atoms with Crippen LogP contribution in [0.15, 0.2) is 54.6 Å². The highest BCUT2D eigenvalue weighted by Gasteiger charge is 2.20. The number of anilines is 1. The lowest BCUT2D eigenvalue weighted by Crippen LogP contribution is -2.12. The molecule has 3 rings (SSSR count). The number of carbonyl (C=O) groups excluding carboxylic acids is 2. The van der Waals surface area contributed by atoms with Crippen LogP contribution in [0, 0.1) is 0 Å². The van der Waals surface area contributed by atoms with E-state index in [1.54, 1.807) is 25.1 Å². The van der Waals surface area contributed by atoms with Crippen molar-refractivity contribution in [1.29, 1.82) is 0 Å². The molecule has 1 aromatic heterocycles. The fourth-order valence-corrected chi connectivity index (χ4v) is 3.66. The number of carbonyl (C=O) groups is 2. The van der Waals surface area contributed by atoms with E-state index in [4.69, 9.17) is 16.3 Å². The van der Waals surface area contributed by atoms with Gasteiger partial charge in [-0.1, -0.05) is 41.9 Å². The first kappa shape index (κ1) is 18.2. The van der Waals surface area contributed by atoms with Crippen LogP contribution in [0.2, 0.25) is 5.02 Å². The van der Waals surface area contributed by atoms with Crippen molar-refractivity contribution in [1.82, 2.24) is 0 Å². The monoisotopic (exact) mass is 385 g/mol. The molecule has 1 heterocycles. The number of halogens is 1. The topological polar surface area (TPSA) is 55.4 Å². The van der Waals surface area contributed by atoms with Gasteiger partial charge < -0.3 is 10.1 Å². The Morgan fingerprint density at radius 1 is 1.15 bits per heavy atom. The van der Waals surface area contributed by atoms with Gasteiger partial charge in [-0.05, 0) is 36.8 Å². The number of fused-ring (bicyclic) bond motifs is 1. The molecule has 0 bridgehead atoms. The number of benzene rings is 2. The minimum absolute atomic E-state index is 0.271. The number of ether oxygens (including phenoxy) is 1. The summed E-state index contributed by atoms with van der Waals surface area (Å²) in [6.45, 7) is 2.02. The third-order valence-corrected chi connectivity index (χ3v) is 4.95. The van der Waals surface area contributed by atoms with E-state index in [9.17, 15) is 9.59 Å². The maximum Gasteiger partial charge on any atom is 0.341 e. The summed E-state index contributed by atoms with van der Waals surface area (Å²) in [6.07, 6.45) is 3.10. The predicted molar refractivity (Wildman–Crippen MR) is 107 cm³/mol. The molecule has 1 amide bonds. The summed E-state index contributed by atoms with van der Waals surface area (Å²) in [5.74, 6) is -0.765. The second-order valence-electron chi connectivity index (χ2n) is 5.40. The molecule has 0 unspecified atom stereocenters. The van der Waals surface area contributed by atoms with Crippen LogP contribution < -0.4 is 5.32 Å². The number of hydrogen-bond donors (Lipinski definition) is 1. The lowest BCUT2D eigenvalue weighted by atomic mass is 10.1. The van der Waals surface area contributed by atoms with E-state index in [1.807, 2.05) is 36.4 Å². The summed E-state index contributed by atoms with van der Waals surface area (Å²) >= 11 is 7.19. The summed E-state index contributed by atoms with van der Waals surface area (Å²) in [7, 11) is 0. The molecular weight excluding hydrogens is 370 g/mol. The van der Waals surface area contributed by atoms with Crippen molar-refractivity contribution < 1.29 is 14.3 Å². The van der Waals surface area contributed by atoms with E-state index in [1.165, 1.54) is 17.4 Å². The van der Waals surface area contributed by atoms with Gasteiger partial charge >= 0.3 is 5.97 Å². The fourth-order valence-electron chi connectivity index (χ4n) is 2.44. The maximum atomic E-state index is 12.3. The van der Waals surface area contributed by atoms with E-state index in [2.05, 4.69) is 5.32 Å². The lowest BCUT2D eigenvalue weighted by molar-refractivity contribution is -0.111. The number of esters is 1. The maximum absolute atomic E-state index is 12.3. The SMILES string of the molecule is CCOC(=O)c1c(NC(=O)C=Cc2ccc(Cl)cc2)sc2ccccc12. The van der Waals surface area contributed by atoms with E-state index < -0.39 is 5.97 Å². The highest BCUT2D eigenvalue weighted by atomic mass is 35.5. The minimum atomic E-state index is -0.443. The predicted octanol–water partition coefficient (Wildman–Crippen LogP) is 5.38. The number of rotatable bonds is 5. The number of nitrogens with one attached hydrogen (secondary N) is 1. The summed E-state index contributed by atoms with van der Waals surface area (Å²) in [5, 5.41) is 4.68. The van der Waals surface area contributed by atoms with Gasteiger partial charge in [-0.3, -0.25) is 4.79 Å². The molecule has 2 aromatic carbocycles. The molecule has 3 aromatic rings. The molecule has 132 valence electrons. The molecule has 0 radical (unpaired) electrons. The van der Waals surface area contributed by atoms with Gasteiger partial charge in [-0.15, -0.1) is 11.3 Å². The molecule has 0 saturated heterocycles. The zero-order valence-corrected chi connectivity index (χ0v) is 15.6. The normalized spacial score (nSPS) is 11.0. The first-order valence-corrected chi connectivity index (χ1v) is 9.21. The summed E-state index contributed by atoms with van der Waals surface area (Å²) in [4.78, 5) is 24.6. The van der Waals surface area contributed by atoms with Gasteiger partial charge in [0.1, 0.15) is 10.6 Å². The van der Waals surface area contributed by atoms with Crippen molar-refractivity contribution in [2.45, 2.75) is 6.92 Å². The van der Waals surface area contributed by atoms with Gasteiger partial charge in [-0.2, -0.15) is 0 Å². The summed E-state index contributed by atoms with van der Waals surface area (Å²) in [6, 6.07) is 14.6.